The van der Waals surface area contributed by atoms with Crippen molar-refractivity contribution in [3.63, 3.8) is 0 Å². The van der Waals surface area contributed by atoms with Crippen LogP contribution in [0.15, 0.2) is 158 Å². The largest absolute Gasteiger partial charge is 0.472 e. The van der Waals surface area contributed by atoms with Crippen LogP contribution in [0.1, 0.15) is 194 Å². The van der Waals surface area contributed by atoms with Gasteiger partial charge in [-0.05, 0) is 116 Å². The van der Waals surface area contributed by atoms with Crippen LogP contribution in [-0.2, 0) is 18.4 Å². The van der Waals surface area contributed by atoms with E-state index in [0.717, 1.165) is 109 Å². The number of unbranched alkanes of at least 4 members (excludes halogenated alkanes) is 13. The molecule has 3 unspecified atom stereocenters. The Bertz CT molecular complexity index is 1750. The first-order valence-corrected chi connectivity index (χ1v) is 30.4. The van der Waals surface area contributed by atoms with E-state index >= 15 is 0 Å². The Kier molecular flexibility index (Phi) is 51.1. The molecule has 0 aliphatic heterocycles. The summed E-state index contributed by atoms with van der Waals surface area (Å²) < 4.78 is 23.6. The number of aliphatic hydroxyl groups is 1. The van der Waals surface area contributed by atoms with Crippen LogP contribution in [0.2, 0.25) is 0 Å². The Morgan fingerprint density at radius 1 is 0.473 bits per heavy atom. The number of rotatable bonds is 50. The molecule has 0 radical (unpaired) electrons. The summed E-state index contributed by atoms with van der Waals surface area (Å²) in [7, 11) is 1.51. The van der Waals surface area contributed by atoms with E-state index in [2.05, 4.69) is 165 Å². The van der Waals surface area contributed by atoms with Gasteiger partial charge in [0.1, 0.15) is 13.2 Å². The first-order valence-electron chi connectivity index (χ1n) is 28.9. The van der Waals surface area contributed by atoms with Crippen molar-refractivity contribution in [2.45, 2.75) is 206 Å². The first kappa shape index (κ1) is 70.1. The number of aliphatic hydroxyl groups excluding tert-OH is 1. The third kappa shape index (κ3) is 55.9. The molecule has 9 heteroatoms. The molecule has 418 valence electrons. The Hall–Kier alpha value is -3.88. The quantitative estimate of drug-likeness (QED) is 0.0243. The van der Waals surface area contributed by atoms with Gasteiger partial charge in [-0.3, -0.25) is 13.8 Å². The van der Waals surface area contributed by atoms with Crippen molar-refractivity contribution in [3.05, 3.63) is 158 Å². The molecule has 0 aromatic carbocycles. The topological polar surface area (TPSA) is 105 Å². The lowest BCUT2D eigenvalue weighted by atomic mass is 10.1. The van der Waals surface area contributed by atoms with E-state index in [4.69, 9.17) is 9.05 Å². The molecule has 8 nitrogen and oxygen atoms in total. The minimum absolute atomic E-state index is 0.0404. The number of phosphoric acid groups is 1. The molecule has 0 aliphatic rings. The SMILES string of the molecule is CC/C=C\C/C=C\C/C=C\C/C=C\C/C=C\C/C=C\C/C=C\C/C=C\C/C=C\C/C=C\C/C=C\CCCCCC(=O)NC(COP(=O)(O)OCC[N+](C)(C)C)C(O)/C=C/CC/C=C/CCCCCCCCCCC. The maximum Gasteiger partial charge on any atom is 0.472 e. The highest BCUT2D eigenvalue weighted by molar-refractivity contribution is 7.47. The van der Waals surface area contributed by atoms with Crippen LogP contribution in [0, 0.1) is 0 Å². The summed E-state index contributed by atoms with van der Waals surface area (Å²) in [6.07, 6.45) is 84.9. The zero-order valence-electron chi connectivity index (χ0n) is 47.5. The second kappa shape index (κ2) is 53.9. The maximum absolute atomic E-state index is 12.9. The summed E-state index contributed by atoms with van der Waals surface area (Å²) in [5.41, 5.74) is 0. The average Bonchev–Trinajstić information content (AvgIpc) is 3.36. The van der Waals surface area contributed by atoms with Gasteiger partial charge in [0.2, 0.25) is 5.91 Å². The third-order valence-electron chi connectivity index (χ3n) is 11.7. The van der Waals surface area contributed by atoms with E-state index in [-0.39, 0.29) is 19.1 Å². The van der Waals surface area contributed by atoms with Gasteiger partial charge >= 0.3 is 7.82 Å². The van der Waals surface area contributed by atoms with Crippen LogP contribution in [0.25, 0.3) is 0 Å². The molecule has 0 bridgehead atoms. The van der Waals surface area contributed by atoms with Crippen LogP contribution < -0.4 is 5.32 Å². The van der Waals surface area contributed by atoms with Crippen LogP contribution in [0.5, 0.6) is 0 Å². The van der Waals surface area contributed by atoms with Crippen LogP contribution in [0.3, 0.4) is 0 Å². The molecule has 0 spiro atoms. The number of likely N-dealkylation sites (N-methyl/N-ethyl adjacent to an activating group) is 1. The monoisotopic (exact) mass is 1040 g/mol. The van der Waals surface area contributed by atoms with Gasteiger partial charge in [0, 0.05) is 6.42 Å². The number of hydrogen-bond donors (Lipinski definition) is 3. The lowest BCUT2D eigenvalue weighted by molar-refractivity contribution is -0.870. The number of hydrogen-bond acceptors (Lipinski definition) is 5. The zero-order chi connectivity index (χ0) is 54.2. The molecular weight excluding hydrogens is 936 g/mol. The molecule has 3 N–H and O–H groups in total. The number of carbonyl (C=O) groups excluding carboxylic acids is 1. The van der Waals surface area contributed by atoms with Gasteiger partial charge in [-0.25, -0.2) is 4.57 Å². The molecule has 0 saturated heterocycles. The second-order valence-corrected chi connectivity index (χ2v) is 21.4. The molecular formula is C65H108N2O6P+. The molecule has 3 atom stereocenters. The van der Waals surface area contributed by atoms with E-state index in [9.17, 15) is 19.4 Å². The number of allylic oxidation sites excluding steroid dienone is 25. The van der Waals surface area contributed by atoms with Crippen molar-refractivity contribution in [1.29, 1.82) is 0 Å². The summed E-state index contributed by atoms with van der Waals surface area (Å²) in [6.45, 7) is 4.62. The smallest absolute Gasteiger partial charge is 0.387 e. The molecule has 0 fully saturated rings. The standard InChI is InChI=1S/C65H107N2O6P/c1-6-8-10-12-14-16-18-20-22-23-24-25-26-27-28-29-30-31-32-33-34-35-36-37-38-39-40-41-42-43-45-47-49-51-53-55-57-59-65(69)66-63(62-73-74(70,71)72-61-60-67(3,4)5)64(68)58-56-54-52-50-48-46-44-21-19-17-15-13-11-9-7-2/h8,10,14,16,20,22,24-25,27-28,30-31,33-34,36-37,39-40,42-43,47-50,56,58,63-64,68H,6-7,9,11-13,15,17-19,21,23,26,29,32,35,38,41,44-46,51-55,57,59-62H2,1-5H3,(H-,66,69,70,71)/p+1/b10-8-,16-14-,22-20-,25-24-,28-27-,31-30-,34-33-,37-36-,40-39-,43-42-,49-47-,50-48+,58-56+. The number of nitrogens with zero attached hydrogens (tertiary/aromatic N) is 1. The molecule has 74 heavy (non-hydrogen) atoms. The zero-order valence-corrected chi connectivity index (χ0v) is 48.4. The van der Waals surface area contributed by atoms with Crippen molar-refractivity contribution in [2.75, 3.05) is 40.9 Å². The summed E-state index contributed by atoms with van der Waals surface area (Å²) >= 11 is 0. The molecule has 0 rings (SSSR count). The third-order valence-corrected chi connectivity index (χ3v) is 12.7. The normalized spacial score (nSPS) is 15.1. The highest BCUT2D eigenvalue weighted by atomic mass is 31.2. The fourth-order valence-corrected chi connectivity index (χ4v) is 7.97. The van der Waals surface area contributed by atoms with Gasteiger partial charge in [0.05, 0.1) is 39.9 Å². The van der Waals surface area contributed by atoms with Gasteiger partial charge in [-0.15, -0.1) is 0 Å². The van der Waals surface area contributed by atoms with Gasteiger partial charge in [0.25, 0.3) is 0 Å². The predicted molar refractivity (Wildman–Crippen MR) is 322 cm³/mol. The summed E-state index contributed by atoms with van der Waals surface area (Å²) in [5, 5.41) is 13.8. The molecule has 1 amide bonds. The second-order valence-electron chi connectivity index (χ2n) is 19.9. The van der Waals surface area contributed by atoms with Gasteiger partial charge in [0.15, 0.2) is 0 Å². The average molecular weight is 1040 g/mol. The fourth-order valence-electron chi connectivity index (χ4n) is 7.24. The van der Waals surface area contributed by atoms with Crippen molar-refractivity contribution >= 4 is 13.7 Å². The molecule has 0 aromatic rings. The van der Waals surface area contributed by atoms with Crippen LogP contribution in [0.4, 0.5) is 0 Å². The number of amides is 1. The number of carbonyl (C=O) groups is 1. The van der Waals surface area contributed by atoms with Crippen molar-refractivity contribution < 1.29 is 32.9 Å². The summed E-state index contributed by atoms with van der Waals surface area (Å²) in [6, 6.07) is -0.893. The minimum Gasteiger partial charge on any atom is -0.387 e. The van der Waals surface area contributed by atoms with Crippen LogP contribution in [-0.4, -0.2) is 73.4 Å². The lowest BCUT2D eigenvalue weighted by Crippen LogP contribution is -2.45. The molecule has 0 saturated carbocycles. The Morgan fingerprint density at radius 3 is 1.24 bits per heavy atom. The van der Waals surface area contributed by atoms with Gasteiger partial charge < -0.3 is 19.8 Å². The Labute approximate surface area is 454 Å². The summed E-state index contributed by atoms with van der Waals surface area (Å²) in [4.78, 5) is 23.2. The van der Waals surface area contributed by atoms with E-state index in [0.29, 0.717) is 23.9 Å². The predicted octanol–water partition coefficient (Wildman–Crippen LogP) is 17.9. The molecule has 0 aliphatic carbocycles. The van der Waals surface area contributed by atoms with Crippen molar-refractivity contribution in [2.24, 2.45) is 0 Å². The molecule has 0 aromatic heterocycles. The highest BCUT2D eigenvalue weighted by Gasteiger charge is 2.27. The molecule has 0 heterocycles. The van der Waals surface area contributed by atoms with Crippen molar-refractivity contribution in [3.8, 4) is 0 Å². The summed E-state index contributed by atoms with van der Waals surface area (Å²) in [5.74, 6) is -0.226. The highest BCUT2D eigenvalue weighted by Crippen LogP contribution is 2.43. The van der Waals surface area contributed by atoms with E-state index in [1.165, 1.54) is 57.8 Å². The Morgan fingerprint density at radius 2 is 0.824 bits per heavy atom. The Balaban J connectivity index is 4.31. The number of phosphoric ester groups is 1. The van der Waals surface area contributed by atoms with Gasteiger partial charge in [-0.1, -0.05) is 230 Å². The van der Waals surface area contributed by atoms with Crippen molar-refractivity contribution in [1.82, 2.24) is 5.32 Å². The number of quaternary nitrogens is 1. The minimum atomic E-state index is -4.37. The first-order chi connectivity index (χ1) is 36.0. The van der Waals surface area contributed by atoms with E-state index < -0.39 is 20.0 Å². The van der Waals surface area contributed by atoms with E-state index in [1.54, 1.807) is 6.08 Å². The van der Waals surface area contributed by atoms with E-state index in [1.807, 2.05) is 27.2 Å². The number of nitrogens with one attached hydrogen (secondary N) is 1. The lowest BCUT2D eigenvalue weighted by Gasteiger charge is -2.25. The van der Waals surface area contributed by atoms with Gasteiger partial charge in [-0.2, -0.15) is 0 Å². The fraction of sp³-hybridized carbons (Fsp3) is 0.585. The maximum atomic E-state index is 12.9. The van der Waals surface area contributed by atoms with Crippen LogP contribution >= 0.6 is 7.82 Å².